The van der Waals surface area contributed by atoms with Gasteiger partial charge in [0.1, 0.15) is 5.76 Å². The summed E-state index contributed by atoms with van der Waals surface area (Å²) in [5, 5.41) is 6.42. The van der Waals surface area contributed by atoms with Crippen LogP contribution in [0.15, 0.2) is 52.2 Å². The van der Waals surface area contributed by atoms with Crippen molar-refractivity contribution in [3.05, 3.63) is 54.0 Å². The molecule has 3 rings (SSSR count). The molecule has 140 valence electrons. The van der Waals surface area contributed by atoms with Gasteiger partial charge in [-0.15, -0.1) is 0 Å². The molecule has 1 aromatic heterocycles. The van der Waals surface area contributed by atoms with E-state index in [1.54, 1.807) is 24.0 Å². The number of hydrazone groups is 1. The Labute approximate surface area is 156 Å². The van der Waals surface area contributed by atoms with Crippen molar-refractivity contribution in [3.8, 4) is 0 Å². The molecule has 0 spiro atoms. The zero-order valence-corrected chi connectivity index (χ0v) is 14.9. The molecule has 27 heavy (non-hydrogen) atoms. The van der Waals surface area contributed by atoms with Crippen LogP contribution in [0.1, 0.15) is 31.1 Å². The maximum atomic E-state index is 11.9. The van der Waals surface area contributed by atoms with Gasteiger partial charge in [-0.05, 0) is 43.2 Å². The van der Waals surface area contributed by atoms with Gasteiger partial charge < -0.3 is 14.6 Å². The van der Waals surface area contributed by atoms with E-state index in [-0.39, 0.29) is 12.5 Å². The molecule has 0 bridgehead atoms. The Morgan fingerprint density at radius 3 is 2.78 bits per heavy atom. The maximum Gasteiger partial charge on any atom is 0.329 e. The van der Waals surface area contributed by atoms with Gasteiger partial charge in [-0.1, -0.05) is 12.1 Å². The van der Waals surface area contributed by atoms with Crippen LogP contribution in [0.25, 0.3) is 0 Å². The number of anilines is 1. The van der Waals surface area contributed by atoms with Crippen molar-refractivity contribution in [2.45, 2.75) is 26.3 Å². The van der Waals surface area contributed by atoms with E-state index in [1.165, 1.54) is 6.26 Å². The van der Waals surface area contributed by atoms with Gasteiger partial charge in [0.05, 0.1) is 18.5 Å². The fraction of sp³-hybridized carbons (Fsp3) is 0.263. The molecule has 2 N–H and O–H groups in total. The van der Waals surface area contributed by atoms with Crippen molar-refractivity contribution in [2.75, 3.05) is 11.4 Å². The van der Waals surface area contributed by atoms with Crippen molar-refractivity contribution >= 4 is 29.1 Å². The van der Waals surface area contributed by atoms with Crippen molar-refractivity contribution in [1.29, 1.82) is 0 Å². The molecule has 1 aliphatic rings. The van der Waals surface area contributed by atoms with E-state index in [4.69, 9.17) is 4.42 Å². The third kappa shape index (κ3) is 4.60. The number of amides is 3. The SMILES string of the molecule is C/C(=N/NC(=O)C(=O)NCc1ccco1)c1cccc(N2CCCC2=O)c1. The number of furan rings is 1. The molecule has 0 atom stereocenters. The summed E-state index contributed by atoms with van der Waals surface area (Å²) in [6, 6.07) is 10.7. The molecule has 0 radical (unpaired) electrons. The second kappa shape index (κ2) is 8.31. The summed E-state index contributed by atoms with van der Waals surface area (Å²) < 4.78 is 5.08. The second-order valence-corrected chi connectivity index (χ2v) is 6.10. The number of hydrogen-bond donors (Lipinski definition) is 2. The van der Waals surface area contributed by atoms with Crippen molar-refractivity contribution in [3.63, 3.8) is 0 Å². The molecule has 0 saturated carbocycles. The molecule has 1 fully saturated rings. The fourth-order valence-electron chi connectivity index (χ4n) is 2.73. The van der Waals surface area contributed by atoms with Crippen LogP contribution in [0.2, 0.25) is 0 Å². The Hall–Kier alpha value is -3.42. The van der Waals surface area contributed by atoms with Crippen LogP contribution in [0.4, 0.5) is 5.69 Å². The molecule has 2 heterocycles. The van der Waals surface area contributed by atoms with Crippen molar-refractivity contribution in [1.82, 2.24) is 10.7 Å². The summed E-state index contributed by atoms with van der Waals surface area (Å²) in [7, 11) is 0. The average molecular weight is 368 g/mol. The third-order valence-electron chi connectivity index (χ3n) is 4.18. The predicted molar refractivity (Wildman–Crippen MR) is 98.9 cm³/mol. The summed E-state index contributed by atoms with van der Waals surface area (Å²) in [6.45, 7) is 2.53. The lowest BCUT2D eigenvalue weighted by Crippen LogP contribution is -2.37. The van der Waals surface area contributed by atoms with Crippen LogP contribution < -0.4 is 15.6 Å². The van der Waals surface area contributed by atoms with Gasteiger partial charge in [-0.25, -0.2) is 5.43 Å². The van der Waals surface area contributed by atoms with E-state index in [0.717, 1.165) is 17.7 Å². The summed E-state index contributed by atoms with van der Waals surface area (Å²) in [4.78, 5) is 37.2. The standard InChI is InChI=1S/C19H20N4O4/c1-13(14-5-2-6-15(11-14)23-9-3-8-17(23)24)21-22-19(26)18(25)20-12-16-7-4-10-27-16/h2,4-7,10-11H,3,8-9,12H2,1H3,(H,20,25)(H,22,26)/b21-13-. The summed E-state index contributed by atoms with van der Waals surface area (Å²) in [5.74, 6) is -1.03. The molecule has 2 aromatic rings. The summed E-state index contributed by atoms with van der Waals surface area (Å²) >= 11 is 0. The van der Waals surface area contributed by atoms with Gasteiger partial charge in [0.2, 0.25) is 5.91 Å². The first-order chi connectivity index (χ1) is 13.0. The summed E-state index contributed by atoms with van der Waals surface area (Å²) in [6.07, 6.45) is 2.89. The van der Waals surface area contributed by atoms with Crippen LogP contribution in [-0.2, 0) is 20.9 Å². The highest BCUT2D eigenvalue weighted by Gasteiger charge is 2.21. The van der Waals surface area contributed by atoms with Crippen LogP contribution in [0.3, 0.4) is 0 Å². The van der Waals surface area contributed by atoms with Crippen LogP contribution >= 0.6 is 0 Å². The molecule has 8 heteroatoms. The number of nitrogens with zero attached hydrogens (tertiary/aromatic N) is 2. The molecule has 1 aliphatic heterocycles. The van der Waals surface area contributed by atoms with Gasteiger partial charge in [0, 0.05) is 18.7 Å². The Balaban J connectivity index is 1.59. The zero-order valence-electron chi connectivity index (χ0n) is 14.9. The minimum absolute atomic E-state index is 0.100. The number of benzene rings is 1. The third-order valence-corrected chi connectivity index (χ3v) is 4.18. The minimum Gasteiger partial charge on any atom is -0.467 e. The van der Waals surface area contributed by atoms with Crippen molar-refractivity contribution < 1.29 is 18.8 Å². The van der Waals surface area contributed by atoms with Crippen LogP contribution in [0.5, 0.6) is 0 Å². The van der Waals surface area contributed by atoms with Gasteiger partial charge in [-0.2, -0.15) is 5.10 Å². The van der Waals surface area contributed by atoms with Gasteiger partial charge in [0.25, 0.3) is 0 Å². The van der Waals surface area contributed by atoms with E-state index in [0.29, 0.717) is 24.4 Å². The molecule has 3 amide bonds. The number of carbonyl (C=O) groups is 3. The smallest absolute Gasteiger partial charge is 0.329 e. The molecule has 8 nitrogen and oxygen atoms in total. The van der Waals surface area contributed by atoms with E-state index < -0.39 is 11.8 Å². The highest BCUT2D eigenvalue weighted by Crippen LogP contribution is 2.22. The maximum absolute atomic E-state index is 11.9. The quantitative estimate of drug-likeness (QED) is 0.475. The van der Waals surface area contributed by atoms with Gasteiger partial charge in [0.15, 0.2) is 0 Å². The van der Waals surface area contributed by atoms with Crippen LogP contribution in [0, 0.1) is 0 Å². The Kier molecular flexibility index (Phi) is 5.65. The molecule has 0 unspecified atom stereocenters. The Morgan fingerprint density at radius 2 is 2.07 bits per heavy atom. The van der Waals surface area contributed by atoms with E-state index >= 15 is 0 Å². The van der Waals surface area contributed by atoms with Crippen molar-refractivity contribution in [2.24, 2.45) is 5.10 Å². The van der Waals surface area contributed by atoms with Crippen LogP contribution in [-0.4, -0.2) is 30.0 Å². The van der Waals surface area contributed by atoms with E-state index in [9.17, 15) is 14.4 Å². The number of carbonyl (C=O) groups excluding carboxylic acids is 3. The number of nitrogens with one attached hydrogen (secondary N) is 2. The normalized spacial score (nSPS) is 14.3. The lowest BCUT2D eigenvalue weighted by Gasteiger charge is -2.16. The van der Waals surface area contributed by atoms with Gasteiger partial charge in [-0.3, -0.25) is 14.4 Å². The lowest BCUT2D eigenvalue weighted by atomic mass is 10.1. The molecule has 1 saturated heterocycles. The van der Waals surface area contributed by atoms with E-state index in [1.807, 2.05) is 24.3 Å². The Bertz CT molecular complexity index is 874. The highest BCUT2D eigenvalue weighted by atomic mass is 16.3. The highest BCUT2D eigenvalue weighted by molar-refractivity contribution is 6.35. The minimum atomic E-state index is -0.869. The zero-order chi connectivity index (χ0) is 19.2. The second-order valence-electron chi connectivity index (χ2n) is 6.10. The average Bonchev–Trinajstić information content (AvgIpc) is 3.35. The fourth-order valence-corrected chi connectivity index (χ4v) is 2.73. The van der Waals surface area contributed by atoms with Gasteiger partial charge >= 0.3 is 11.8 Å². The molecular weight excluding hydrogens is 348 g/mol. The molecular formula is C19H20N4O4. The topological polar surface area (TPSA) is 104 Å². The largest absolute Gasteiger partial charge is 0.467 e. The number of rotatable bonds is 5. The number of hydrogen-bond acceptors (Lipinski definition) is 5. The molecule has 1 aromatic carbocycles. The lowest BCUT2D eigenvalue weighted by molar-refractivity contribution is -0.139. The first-order valence-corrected chi connectivity index (χ1v) is 8.60. The first-order valence-electron chi connectivity index (χ1n) is 8.60. The summed E-state index contributed by atoms with van der Waals surface area (Å²) in [5.41, 5.74) is 4.31. The predicted octanol–water partition coefficient (Wildman–Crippen LogP) is 1.56. The first kappa shape index (κ1) is 18.4. The Morgan fingerprint density at radius 1 is 1.22 bits per heavy atom. The van der Waals surface area contributed by atoms with E-state index in [2.05, 4.69) is 15.8 Å². The molecule has 0 aliphatic carbocycles. The monoisotopic (exact) mass is 368 g/mol.